The fourth-order valence-corrected chi connectivity index (χ4v) is 3.36. The predicted molar refractivity (Wildman–Crippen MR) is 117 cm³/mol. The number of ether oxygens (including phenoxy) is 1. The minimum Gasteiger partial charge on any atom is -0.450 e. The Morgan fingerprint density at radius 3 is 2.71 bits per heavy atom. The Kier molecular flexibility index (Phi) is 8.24. The third-order valence-electron chi connectivity index (χ3n) is 3.99. The third kappa shape index (κ3) is 7.31. The Balaban J connectivity index is 1.55. The van der Waals surface area contributed by atoms with Crippen LogP contribution < -0.4 is 10.7 Å². The number of hydrogen-bond acceptors (Lipinski definition) is 7. The van der Waals surface area contributed by atoms with Gasteiger partial charge in [0.25, 0.3) is 0 Å². The summed E-state index contributed by atoms with van der Waals surface area (Å²) in [4.78, 5) is 28.4. The van der Waals surface area contributed by atoms with Gasteiger partial charge in [0.15, 0.2) is 5.09 Å². The summed E-state index contributed by atoms with van der Waals surface area (Å²) in [6.45, 7) is 1.96. The van der Waals surface area contributed by atoms with Crippen molar-refractivity contribution in [2.75, 3.05) is 6.61 Å². The lowest BCUT2D eigenvalue weighted by atomic mass is 10.0. The van der Waals surface area contributed by atoms with Crippen LogP contribution in [-0.4, -0.2) is 29.8 Å². The molecule has 2 aromatic heterocycles. The molecular weight excluding hydrogens is 416 g/mol. The molecule has 1 atom stereocenters. The number of pyridine rings is 1. The van der Waals surface area contributed by atoms with Crippen LogP contribution in [0.1, 0.15) is 30.7 Å². The van der Waals surface area contributed by atoms with Crippen LogP contribution in [0.25, 0.3) is 0 Å². The van der Waals surface area contributed by atoms with Gasteiger partial charge in [-0.3, -0.25) is 4.79 Å². The van der Waals surface area contributed by atoms with Gasteiger partial charge in [0.1, 0.15) is 10.8 Å². The second kappa shape index (κ2) is 11.6. The zero-order valence-corrected chi connectivity index (χ0v) is 17.7. The molecule has 2 heterocycles. The standard InChI is InChI=1S/C22H22N4O4S/c1-2-29-22(28)25-18(16-8-4-3-5-9-16)14-19(27)26-24-15-17-11-12-21(30-17)31-20-10-6-7-13-23-20/h3-13,15,18H,2,14H2,1H3,(H,25,28)(H,26,27)/b24-15-/t18-/m0/s1. The molecule has 0 saturated heterocycles. The highest BCUT2D eigenvalue weighted by Crippen LogP contribution is 2.26. The maximum absolute atomic E-state index is 12.3. The van der Waals surface area contributed by atoms with E-state index in [1.165, 1.54) is 18.0 Å². The fraction of sp³-hybridized carbons (Fsp3) is 0.182. The predicted octanol–water partition coefficient (Wildman–Crippen LogP) is 4.15. The zero-order valence-electron chi connectivity index (χ0n) is 16.9. The molecule has 31 heavy (non-hydrogen) atoms. The number of hydrogen-bond donors (Lipinski definition) is 2. The normalized spacial score (nSPS) is 11.8. The molecule has 0 aliphatic rings. The van der Waals surface area contributed by atoms with Gasteiger partial charge in [0.2, 0.25) is 5.91 Å². The number of nitrogens with zero attached hydrogens (tertiary/aromatic N) is 2. The first kappa shape index (κ1) is 22.1. The summed E-state index contributed by atoms with van der Waals surface area (Å²) in [6.07, 6.45) is 2.54. The van der Waals surface area contributed by atoms with Gasteiger partial charge in [-0.25, -0.2) is 15.2 Å². The maximum Gasteiger partial charge on any atom is 0.407 e. The summed E-state index contributed by atoms with van der Waals surface area (Å²) >= 11 is 1.38. The van der Waals surface area contributed by atoms with E-state index in [-0.39, 0.29) is 18.9 Å². The van der Waals surface area contributed by atoms with Crippen molar-refractivity contribution in [1.29, 1.82) is 0 Å². The number of hydrazone groups is 1. The maximum atomic E-state index is 12.3. The van der Waals surface area contributed by atoms with E-state index in [0.717, 1.165) is 10.6 Å². The minimum atomic E-state index is -0.582. The Bertz CT molecular complexity index is 1010. The molecule has 2 amide bonds. The number of rotatable bonds is 9. The molecule has 160 valence electrons. The van der Waals surface area contributed by atoms with E-state index < -0.39 is 12.1 Å². The number of alkyl carbamates (subject to hydrolysis) is 1. The van der Waals surface area contributed by atoms with E-state index >= 15 is 0 Å². The first-order valence-electron chi connectivity index (χ1n) is 9.63. The van der Waals surface area contributed by atoms with Crippen LogP contribution in [0.15, 0.2) is 86.5 Å². The molecule has 0 radical (unpaired) electrons. The average molecular weight is 439 g/mol. The first-order chi connectivity index (χ1) is 15.1. The molecule has 0 aliphatic heterocycles. The van der Waals surface area contributed by atoms with Gasteiger partial charge in [-0.05, 0) is 48.5 Å². The summed E-state index contributed by atoms with van der Waals surface area (Å²) in [5.41, 5.74) is 3.24. The smallest absolute Gasteiger partial charge is 0.407 e. The largest absolute Gasteiger partial charge is 0.450 e. The lowest BCUT2D eigenvalue weighted by Crippen LogP contribution is -2.33. The molecule has 0 fully saturated rings. The fourth-order valence-electron chi connectivity index (χ4n) is 2.62. The van der Waals surface area contributed by atoms with Crippen molar-refractivity contribution in [2.45, 2.75) is 29.5 Å². The summed E-state index contributed by atoms with van der Waals surface area (Å²) < 4.78 is 10.6. The molecule has 8 nitrogen and oxygen atoms in total. The molecule has 0 bridgehead atoms. The lowest BCUT2D eigenvalue weighted by Gasteiger charge is -2.17. The quantitative estimate of drug-likeness (QED) is 0.384. The number of nitrogens with one attached hydrogen (secondary N) is 2. The highest BCUT2D eigenvalue weighted by atomic mass is 32.2. The summed E-state index contributed by atoms with van der Waals surface area (Å²) in [7, 11) is 0. The van der Waals surface area contributed by atoms with Crippen molar-refractivity contribution < 1.29 is 18.7 Å². The monoisotopic (exact) mass is 438 g/mol. The zero-order chi connectivity index (χ0) is 21.9. The molecule has 0 aliphatic carbocycles. The topological polar surface area (TPSA) is 106 Å². The van der Waals surface area contributed by atoms with Crippen LogP contribution in [0.2, 0.25) is 0 Å². The van der Waals surface area contributed by atoms with Crippen LogP contribution >= 0.6 is 11.8 Å². The first-order valence-corrected chi connectivity index (χ1v) is 10.4. The van der Waals surface area contributed by atoms with Gasteiger partial charge in [-0.1, -0.05) is 36.4 Å². The molecule has 0 spiro atoms. The summed E-state index contributed by atoms with van der Waals surface area (Å²) in [6, 6.07) is 17.8. The number of amides is 2. The lowest BCUT2D eigenvalue weighted by molar-refractivity contribution is -0.121. The second-order valence-corrected chi connectivity index (χ2v) is 7.28. The van der Waals surface area contributed by atoms with Crippen LogP contribution in [-0.2, 0) is 9.53 Å². The van der Waals surface area contributed by atoms with E-state index in [1.807, 2.05) is 48.5 Å². The van der Waals surface area contributed by atoms with Crippen molar-refractivity contribution in [1.82, 2.24) is 15.7 Å². The summed E-state index contributed by atoms with van der Waals surface area (Å²) in [5, 5.41) is 8.11. The second-order valence-electron chi connectivity index (χ2n) is 6.25. The molecule has 3 aromatic rings. The van der Waals surface area contributed by atoms with Crippen LogP contribution in [0.3, 0.4) is 0 Å². The summed E-state index contributed by atoms with van der Waals surface area (Å²) in [5.74, 6) is 0.125. The Morgan fingerprint density at radius 2 is 1.97 bits per heavy atom. The van der Waals surface area contributed by atoms with Gasteiger partial charge in [0, 0.05) is 6.20 Å². The molecule has 2 N–H and O–H groups in total. The SMILES string of the molecule is CCOC(=O)N[C@@H](CC(=O)N/N=C\c1ccc(Sc2ccccn2)o1)c1ccccc1. The average Bonchev–Trinajstić information content (AvgIpc) is 3.22. The van der Waals surface area contributed by atoms with Gasteiger partial charge < -0.3 is 14.5 Å². The molecule has 1 aromatic carbocycles. The van der Waals surface area contributed by atoms with Crippen LogP contribution in [0, 0.1) is 0 Å². The van der Waals surface area contributed by atoms with E-state index in [4.69, 9.17) is 9.15 Å². The van der Waals surface area contributed by atoms with E-state index in [0.29, 0.717) is 10.9 Å². The Morgan fingerprint density at radius 1 is 1.16 bits per heavy atom. The third-order valence-corrected chi connectivity index (χ3v) is 4.86. The van der Waals surface area contributed by atoms with Crippen molar-refractivity contribution in [2.24, 2.45) is 5.10 Å². The van der Waals surface area contributed by atoms with Crippen LogP contribution in [0.5, 0.6) is 0 Å². The number of carbonyl (C=O) groups excluding carboxylic acids is 2. The number of aromatic nitrogens is 1. The molecule has 9 heteroatoms. The van der Waals surface area contributed by atoms with Crippen molar-refractivity contribution in [3.8, 4) is 0 Å². The van der Waals surface area contributed by atoms with Gasteiger partial charge in [0.05, 0.1) is 25.3 Å². The van der Waals surface area contributed by atoms with Crippen molar-refractivity contribution in [3.05, 3.63) is 78.2 Å². The van der Waals surface area contributed by atoms with Crippen molar-refractivity contribution >= 4 is 30.0 Å². The Hall–Kier alpha value is -3.59. The van der Waals surface area contributed by atoms with Gasteiger partial charge >= 0.3 is 6.09 Å². The van der Waals surface area contributed by atoms with Gasteiger partial charge in [-0.15, -0.1) is 0 Å². The number of benzene rings is 1. The highest BCUT2D eigenvalue weighted by molar-refractivity contribution is 7.99. The molecule has 0 saturated carbocycles. The molecule has 3 rings (SSSR count). The van der Waals surface area contributed by atoms with E-state index in [9.17, 15) is 9.59 Å². The van der Waals surface area contributed by atoms with E-state index in [2.05, 4.69) is 20.8 Å². The van der Waals surface area contributed by atoms with Gasteiger partial charge in [-0.2, -0.15) is 5.10 Å². The van der Waals surface area contributed by atoms with Crippen LogP contribution in [0.4, 0.5) is 4.79 Å². The molecular formula is C22H22N4O4S. The highest BCUT2D eigenvalue weighted by Gasteiger charge is 2.18. The van der Waals surface area contributed by atoms with Crippen molar-refractivity contribution in [3.63, 3.8) is 0 Å². The number of furan rings is 1. The molecule has 0 unspecified atom stereocenters. The Labute approximate surface area is 184 Å². The minimum absolute atomic E-state index is 0.000892. The van der Waals surface area contributed by atoms with E-state index in [1.54, 1.807) is 25.3 Å². The number of carbonyl (C=O) groups is 2.